The Bertz CT molecular complexity index is 326. The smallest absolute Gasteiger partial charge is 0.171 e. The van der Waals surface area contributed by atoms with Crippen molar-refractivity contribution in [2.24, 2.45) is 0 Å². The molecule has 2 saturated heterocycles. The minimum Gasteiger partial charge on any atom is -0.346 e. The summed E-state index contributed by atoms with van der Waals surface area (Å²) in [5.74, 6) is 0.497. The van der Waals surface area contributed by atoms with Gasteiger partial charge >= 0.3 is 0 Å². The van der Waals surface area contributed by atoms with Crippen LogP contribution in [-0.2, 0) is 9.84 Å². The Morgan fingerprint density at radius 2 is 1.62 bits per heavy atom. The van der Waals surface area contributed by atoms with Crippen molar-refractivity contribution in [2.75, 3.05) is 25.6 Å². The van der Waals surface area contributed by atoms with Gasteiger partial charge in [-0.1, -0.05) is 0 Å². The normalized spacial score (nSPS) is 36.9. The first-order chi connectivity index (χ1) is 5.92. The molecule has 0 amide bonds. The Hall–Kier alpha value is -0.360. The van der Waals surface area contributed by atoms with E-state index in [9.17, 15) is 8.42 Å². The van der Waals surface area contributed by atoms with E-state index in [2.05, 4.69) is 0 Å². The van der Waals surface area contributed by atoms with Crippen LogP contribution in [0.2, 0.25) is 0 Å². The molecular weight excluding hydrogens is 208 g/mol. The van der Waals surface area contributed by atoms with Gasteiger partial charge in [-0.2, -0.15) is 0 Å². The molecule has 0 radical (unpaired) electrons. The van der Waals surface area contributed by atoms with E-state index in [1.165, 1.54) is 0 Å². The van der Waals surface area contributed by atoms with E-state index < -0.39 is 9.84 Å². The summed E-state index contributed by atoms with van der Waals surface area (Å²) in [5.41, 5.74) is 0. The van der Waals surface area contributed by atoms with Crippen LogP contribution in [0, 0.1) is 0 Å². The van der Waals surface area contributed by atoms with Gasteiger partial charge in [0, 0.05) is 14.1 Å². The Morgan fingerprint density at radius 3 is 2.00 bits per heavy atom. The molecule has 0 unspecified atom stereocenters. The van der Waals surface area contributed by atoms with Crippen molar-refractivity contribution in [3.8, 4) is 0 Å². The van der Waals surface area contributed by atoms with E-state index in [-0.39, 0.29) is 23.6 Å². The van der Waals surface area contributed by atoms with Crippen LogP contribution in [0.1, 0.15) is 0 Å². The quantitative estimate of drug-likeness (QED) is 0.506. The fraction of sp³-hybridized carbons (Fsp3) is 0.857. The zero-order chi connectivity index (χ0) is 9.80. The summed E-state index contributed by atoms with van der Waals surface area (Å²) in [7, 11) is 0.893. The van der Waals surface area contributed by atoms with E-state index in [0.717, 1.165) is 5.11 Å². The number of hydrogen-bond acceptors (Lipinski definition) is 3. The summed E-state index contributed by atoms with van der Waals surface area (Å²) in [6.07, 6.45) is 0. The molecule has 6 heteroatoms. The molecule has 0 bridgehead atoms. The van der Waals surface area contributed by atoms with Gasteiger partial charge in [0.25, 0.3) is 0 Å². The third-order valence-corrected chi connectivity index (χ3v) is 5.17. The largest absolute Gasteiger partial charge is 0.346 e. The van der Waals surface area contributed by atoms with Crippen LogP contribution in [0.15, 0.2) is 0 Å². The van der Waals surface area contributed by atoms with Crippen molar-refractivity contribution in [1.29, 1.82) is 0 Å². The number of rotatable bonds is 0. The molecule has 4 nitrogen and oxygen atoms in total. The van der Waals surface area contributed by atoms with Gasteiger partial charge in [-0.3, -0.25) is 0 Å². The van der Waals surface area contributed by atoms with Crippen LogP contribution in [0.3, 0.4) is 0 Å². The summed E-state index contributed by atoms with van der Waals surface area (Å²) in [6.45, 7) is 0. The zero-order valence-electron chi connectivity index (χ0n) is 7.60. The lowest BCUT2D eigenvalue weighted by Gasteiger charge is -2.17. The lowest BCUT2D eigenvalue weighted by molar-refractivity contribution is 0.366. The van der Waals surface area contributed by atoms with Crippen LogP contribution >= 0.6 is 12.2 Å². The molecule has 74 valence electrons. The molecule has 13 heavy (non-hydrogen) atoms. The Kier molecular flexibility index (Phi) is 1.82. The average Bonchev–Trinajstić information content (AvgIpc) is 2.44. The molecule has 0 aromatic rings. The molecule has 2 aliphatic heterocycles. The summed E-state index contributed by atoms with van der Waals surface area (Å²) in [5, 5.41) is 0.755. The maximum absolute atomic E-state index is 11.3. The number of likely N-dealkylation sites (N-methyl/N-ethyl adjacent to an activating group) is 2. The maximum Gasteiger partial charge on any atom is 0.171 e. The minimum absolute atomic E-state index is 0.0718. The van der Waals surface area contributed by atoms with E-state index in [1.807, 2.05) is 23.9 Å². The number of thiocarbonyl (C=S) groups is 1. The van der Waals surface area contributed by atoms with Crippen molar-refractivity contribution in [3.63, 3.8) is 0 Å². The maximum atomic E-state index is 11.3. The fourth-order valence-electron chi connectivity index (χ4n) is 2.08. The molecule has 0 saturated carbocycles. The Morgan fingerprint density at radius 1 is 1.23 bits per heavy atom. The molecule has 2 rings (SSSR count). The SMILES string of the molecule is CN1C(=S)N(C)[C@@H]2CS(=O)(=O)C[C@H]21. The molecular formula is C7H12N2O2S2. The molecule has 2 fully saturated rings. The first-order valence-electron chi connectivity index (χ1n) is 4.12. The highest BCUT2D eigenvalue weighted by Gasteiger charge is 2.48. The minimum atomic E-state index is -2.84. The molecule has 0 N–H and O–H groups in total. The van der Waals surface area contributed by atoms with Gasteiger partial charge in [-0.15, -0.1) is 0 Å². The number of sulfone groups is 1. The van der Waals surface area contributed by atoms with Crippen LogP contribution in [0.5, 0.6) is 0 Å². The standard InChI is InChI=1S/C7H12N2O2S2/c1-8-5-3-13(10,11)4-6(5)9(2)7(8)12/h5-6H,3-4H2,1-2H3/t5-,6-/m1/s1. The van der Waals surface area contributed by atoms with E-state index in [0.29, 0.717) is 0 Å². The van der Waals surface area contributed by atoms with Crippen molar-refractivity contribution < 1.29 is 8.42 Å². The highest BCUT2D eigenvalue weighted by atomic mass is 32.2. The second kappa shape index (κ2) is 2.57. The summed E-state index contributed by atoms with van der Waals surface area (Å²) in [6, 6.07) is 0.144. The summed E-state index contributed by atoms with van der Waals surface area (Å²) < 4.78 is 22.7. The van der Waals surface area contributed by atoms with Gasteiger partial charge < -0.3 is 9.80 Å². The third-order valence-electron chi connectivity index (χ3n) is 2.89. The predicted octanol–water partition coefficient (Wildman–Crippen LogP) is -0.686. The second-order valence-corrected chi connectivity index (χ2v) is 6.23. The first-order valence-corrected chi connectivity index (χ1v) is 6.35. The molecule has 0 aromatic heterocycles. The van der Waals surface area contributed by atoms with Crippen LogP contribution in [-0.4, -0.2) is 61.0 Å². The highest BCUT2D eigenvalue weighted by Crippen LogP contribution is 2.28. The lowest BCUT2D eigenvalue weighted by atomic mass is 10.2. The Labute approximate surface area is 83.4 Å². The number of fused-ring (bicyclic) bond motifs is 1. The Balaban J connectivity index is 2.33. The third kappa shape index (κ3) is 1.23. The average molecular weight is 220 g/mol. The van der Waals surface area contributed by atoms with Crippen molar-refractivity contribution >= 4 is 27.2 Å². The monoisotopic (exact) mass is 220 g/mol. The van der Waals surface area contributed by atoms with Gasteiger partial charge in [0.2, 0.25) is 0 Å². The molecule has 2 heterocycles. The number of hydrogen-bond donors (Lipinski definition) is 0. The molecule has 2 atom stereocenters. The lowest BCUT2D eigenvalue weighted by Crippen LogP contribution is -2.33. The van der Waals surface area contributed by atoms with E-state index >= 15 is 0 Å². The fourth-order valence-corrected chi connectivity index (χ4v) is 4.42. The topological polar surface area (TPSA) is 40.6 Å². The van der Waals surface area contributed by atoms with Gasteiger partial charge in [0.05, 0.1) is 23.6 Å². The van der Waals surface area contributed by atoms with Crippen molar-refractivity contribution in [2.45, 2.75) is 12.1 Å². The van der Waals surface area contributed by atoms with Crippen molar-refractivity contribution in [1.82, 2.24) is 9.80 Å². The zero-order valence-corrected chi connectivity index (χ0v) is 9.23. The molecule has 0 aromatic carbocycles. The van der Waals surface area contributed by atoms with Gasteiger partial charge in [0.1, 0.15) is 0 Å². The van der Waals surface area contributed by atoms with E-state index in [1.54, 1.807) is 0 Å². The number of nitrogens with zero attached hydrogens (tertiary/aromatic N) is 2. The predicted molar refractivity (Wildman–Crippen MR) is 54.4 cm³/mol. The van der Waals surface area contributed by atoms with E-state index in [4.69, 9.17) is 12.2 Å². The van der Waals surface area contributed by atoms with Gasteiger partial charge in [-0.05, 0) is 12.2 Å². The van der Waals surface area contributed by atoms with Crippen LogP contribution in [0.4, 0.5) is 0 Å². The van der Waals surface area contributed by atoms with Gasteiger partial charge in [-0.25, -0.2) is 8.42 Å². The molecule has 0 spiro atoms. The molecule has 2 aliphatic rings. The van der Waals surface area contributed by atoms with Crippen LogP contribution in [0.25, 0.3) is 0 Å². The highest BCUT2D eigenvalue weighted by molar-refractivity contribution is 7.91. The van der Waals surface area contributed by atoms with Crippen molar-refractivity contribution in [3.05, 3.63) is 0 Å². The summed E-state index contributed by atoms with van der Waals surface area (Å²) >= 11 is 5.15. The molecule has 0 aliphatic carbocycles. The van der Waals surface area contributed by atoms with Crippen LogP contribution < -0.4 is 0 Å². The first kappa shape index (κ1) is 9.21. The second-order valence-electron chi connectivity index (χ2n) is 3.72. The van der Waals surface area contributed by atoms with Gasteiger partial charge in [0.15, 0.2) is 14.9 Å². The summed E-state index contributed by atoms with van der Waals surface area (Å²) in [4.78, 5) is 3.79.